The van der Waals surface area contributed by atoms with Gasteiger partial charge in [-0.2, -0.15) is 0 Å². The van der Waals surface area contributed by atoms with Gasteiger partial charge in [0.2, 0.25) is 0 Å². The normalized spacial score (nSPS) is 15.0. The van der Waals surface area contributed by atoms with E-state index in [0.717, 1.165) is 28.1 Å². The molecule has 2 nitrogen and oxygen atoms in total. The van der Waals surface area contributed by atoms with Crippen LogP contribution in [0, 0.1) is 0 Å². The summed E-state index contributed by atoms with van der Waals surface area (Å²) in [6, 6.07) is 79.4. The van der Waals surface area contributed by atoms with Crippen LogP contribution in [0.25, 0.3) is 104 Å². The Morgan fingerprint density at radius 2 is 0.912 bits per heavy atom. The van der Waals surface area contributed by atoms with Crippen LogP contribution in [0.4, 0.5) is 0 Å². The number of fused-ring (bicyclic) bond motifs is 6. The molecule has 0 amide bonds. The van der Waals surface area contributed by atoms with Crippen LogP contribution in [0.2, 0.25) is 0 Å². The van der Waals surface area contributed by atoms with Gasteiger partial charge in [-0.3, -0.25) is 0 Å². The highest BCUT2D eigenvalue weighted by Gasteiger charge is 2.35. The molecule has 1 aliphatic carbocycles. The maximum Gasteiger partial charge on any atom is 0.116 e. The van der Waals surface area contributed by atoms with E-state index < -0.39 is 0 Å². The first-order valence-electron chi connectivity index (χ1n) is 23.2. The van der Waals surface area contributed by atoms with Crippen molar-refractivity contribution in [1.29, 1.82) is 0 Å². The third kappa shape index (κ3) is 7.39. The Balaban J connectivity index is 0.885. The second-order valence-corrected chi connectivity index (χ2v) is 19.9. The lowest BCUT2D eigenvalue weighted by Gasteiger charge is -2.19. The van der Waals surface area contributed by atoms with E-state index in [0.29, 0.717) is 5.25 Å². The molecule has 4 heteroatoms. The Morgan fingerprint density at radius 3 is 1.56 bits per heavy atom. The standard InChI is InChI=1S/C64H42N2S2/c1-5-15-41(16-6-1)45-27-29-61-55(33-45)57-37-51(43-19-9-3-10-20-43)35-53(63(57)67-61)47-23-13-25-49(31-47)59-39-60(66-40-65-59)50-26-14-24-48(32-50)54-36-52(44-21-11-4-12-22-44)38-58-56-34-46(42-17-7-2-8-18-42)28-30-62(56)68-64(54)58/h1-40,55,61H. The van der Waals surface area contributed by atoms with Gasteiger partial charge in [0.25, 0.3) is 0 Å². The zero-order valence-corrected chi connectivity index (χ0v) is 38.6. The van der Waals surface area contributed by atoms with Crippen molar-refractivity contribution in [3.8, 4) is 78.1 Å². The molecule has 2 aromatic heterocycles. The molecular weight excluding hydrogens is 861 g/mol. The number of nitrogens with zero attached hydrogens (tertiary/aromatic N) is 2. The smallest absolute Gasteiger partial charge is 0.116 e. The number of thiophene rings is 1. The van der Waals surface area contributed by atoms with E-state index in [1.807, 2.05) is 23.1 Å². The Labute approximate surface area is 404 Å². The van der Waals surface area contributed by atoms with Crippen molar-refractivity contribution in [3.63, 3.8) is 0 Å². The summed E-state index contributed by atoms with van der Waals surface area (Å²) in [6.45, 7) is 0. The maximum absolute atomic E-state index is 4.89. The van der Waals surface area contributed by atoms with Crippen LogP contribution in [0.1, 0.15) is 17.0 Å². The quantitative estimate of drug-likeness (QED) is 0.152. The largest absolute Gasteiger partial charge is 0.236 e. The Hall–Kier alpha value is -7.89. The molecule has 0 spiro atoms. The van der Waals surface area contributed by atoms with Crippen LogP contribution in [-0.4, -0.2) is 15.2 Å². The van der Waals surface area contributed by atoms with Gasteiger partial charge in [-0.15, -0.1) is 23.1 Å². The summed E-state index contributed by atoms with van der Waals surface area (Å²) in [7, 11) is 0. The van der Waals surface area contributed by atoms with Crippen molar-refractivity contribution in [2.75, 3.05) is 0 Å². The highest BCUT2D eigenvalue weighted by atomic mass is 32.2. The van der Waals surface area contributed by atoms with Crippen LogP contribution >= 0.6 is 23.1 Å². The fourth-order valence-corrected chi connectivity index (χ4v) is 12.7. The zero-order chi connectivity index (χ0) is 45.0. The molecule has 0 bridgehead atoms. The minimum Gasteiger partial charge on any atom is -0.236 e. The average Bonchev–Trinajstić information content (AvgIpc) is 3.99. The van der Waals surface area contributed by atoms with Crippen molar-refractivity contribution in [1.82, 2.24) is 9.97 Å². The van der Waals surface area contributed by atoms with E-state index in [1.54, 1.807) is 6.33 Å². The fraction of sp³-hybridized carbons (Fsp3) is 0.0312. The second-order valence-electron chi connectivity index (χ2n) is 17.7. The summed E-state index contributed by atoms with van der Waals surface area (Å²) in [4.78, 5) is 11.1. The summed E-state index contributed by atoms with van der Waals surface area (Å²) in [5, 5.41) is 2.90. The third-order valence-electron chi connectivity index (χ3n) is 13.5. The summed E-state index contributed by atoms with van der Waals surface area (Å²) in [5.74, 6) is 0.282. The van der Waals surface area contributed by atoms with Crippen LogP contribution < -0.4 is 0 Å². The average molecular weight is 903 g/mol. The molecule has 11 aromatic rings. The summed E-state index contributed by atoms with van der Waals surface area (Å²) >= 11 is 3.86. The van der Waals surface area contributed by atoms with E-state index in [4.69, 9.17) is 9.97 Å². The Kier molecular flexibility index (Phi) is 10.1. The lowest BCUT2D eigenvalue weighted by atomic mass is 9.84. The molecule has 320 valence electrons. The van der Waals surface area contributed by atoms with Crippen LogP contribution in [0.5, 0.6) is 0 Å². The van der Waals surface area contributed by atoms with Crippen molar-refractivity contribution >= 4 is 48.8 Å². The molecule has 1 aliphatic heterocycles. The first kappa shape index (κ1) is 40.4. The number of rotatable bonds is 8. The molecule has 68 heavy (non-hydrogen) atoms. The van der Waals surface area contributed by atoms with Gasteiger partial charge in [-0.25, -0.2) is 9.97 Å². The lowest BCUT2D eigenvalue weighted by Crippen LogP contribution is -2.09. The second kappa shape index (κ2) is 17.1. The predicted octanol–water partition coefficient (Wildman–Crippen LogP) is 17.7. The molecule has 0 fully saturated rings. The lowest BCUT2D eigenvalue weighted by molar-refractivity contribution is 0.885. The van der Waals surface area contributed by atoms with Gasteiger partial charge in [0.15, 0.2) is 0 Å². The third-order valence-corrected chi connectivity index (χ3v) is 16.1. The molecule has 0 radical (unpaired) electrons. The van der Waals surface area contributed by atoms with E-state index in [2.05, 4.69) is 237 Å². The van der Waals surface area contributed by atoms with Crippen LogP contribution in [0.15, 0.2) is 248 Å². The zero-order valence-electron chi connectivity index (χ0n) is 37.0. The van der Waals surface area contributed by atoms with Crippen LogP contribution in [0.3, 0.4) is 0 Å². The molecule has 0 saturated heterocycles. The van der Waals surface area contributed by atoms with E-state index >= 15 is 0 Å². The molecule has 0 N–H and O–H groups in total. The molecule has 0 saturated carbocycles. The predicted molar refractivity (Wildman–Crippen MR) is 289 cm³/mol. The van der Waals surface area contributed by atoms with Gasteiger partial charge in [0.1, 0.15) is 6.33 Å². The molecule has 13 rings (SSSR count). The van der Waals surface area contributed by atoms with Gasteiger partial charge in [0, 0.05) is 52.9 Å². The SMILES string of the molecule is C1=CC2Sc3c(-c4cccc(-c5cc(-c6cccc(-c7cc(-c8ccccc8)cc8c7sc7ccc(-c9ccccc9)cc78)c6)ncn5)c4)cc(-c4ccccc4)cc3C2C=C1c1ccccc1. The molecule has 2 aliphatic rings. The van der Waals surface area contributed by atoms with Crippen molar-refractivity contribution < 1.29 is 0 Å². The van der Waals surface area contributed by atoms with E-state index in [-0.39, 0.29) is 5.92 Å². The monoisotopic (exact) mass is 902 g/mol. The number of thioether (sulfide) groups is 1. The van der Waals surface area contributed by atoms with Gasteiger partial charge in [0.05, 0.1) is 11.4 Å². The molecule has 2 unspecified atom stereocenters. The first-order valence-corrected chi connectivity index (χ1v) is 24.9. The van der Waals surface area contributed by atoms with Gasteiger partial charge >= 0.3 is 0 Å². The summed E-state index contributed by atoms with van der Waals surface area (Å²) in [6.07, 6.45) is 8.91. The van der Waals surface area contributed by atoms with Gasteiger partial charge in [-0.1, -0.05) is 182 Å². The number of hydrogen-bond acceptors (Lipinski definition) is 4. The minimum absolute atomic E-state index is 0.282. The van der Waals surface area contributed by atoms with E-state index in [9.17, 15) is 0 Å². The van der Waals surface area contributed by atoms with Crippen molar-refractivity contribution in [2.45, 2.75) is 16.1 Å². The number of aromatic nitrogens is 2. The van der Waals surface area contributed by atoms with Crippen LogP contribution in [-0.2, 0) is 0 Å². The van der Waals surface area contributed by atoms with Crippen molar-refractivity contribution in [3.05, 3.63) is 254 Å². The molecule has 3 heterocycles. The molecular formula is C64H42N2S2. The highest BCUT2D eigenvalue weighted by Crippen LogP contribution is 2.54. The first-order chi connectivity index (χ1) is 33.7. The van der Waals surface area contributed by atoms with Gasteiger partial charge < -0.3 is 0 Å². The summed E-state index contributed by atoms with van der Waals surface area (Å²) < 4.78 is 2.57. The summed E-state index contributed by atoms with van der Waals surface area (Å²) in [5.41, 5.74) is 20.0. The minimum atomic E-state index is 0.282. The van der Waals surface area contributed by atoms with Crippen molar-refractivity contribution in [2.24, 2.45) is 0 Å². The number of benzene rings is 9. The Morgan fingerprint density at radius 1 is 0.382 bits per heavy atom. The molecule has 2 atom stereocenters. The topological polar surface area (TPSA) is 25.8 Å². The highest BCUT2D eigenvalue weighted by molar-refractivity contribution is 8.00. The van der Waals surface area contributed by atoms with Gasteiger partial charge in [-0.05, 0) is 121 Å². The molecule has 9 aromatic carbocycles. The maximum atomic E-state index is 4.89. The number of allylic oxidation sites excluding steroid dienone is 3. The van der Waals surface area contributed by atoms with E-state index in [1.165, 1.54) is 91.8 Å². The number of hydrogen-bond donors (Lipinski definition) is 0. The fourth-order valence-electron chi connectivity index (χ4n) is 10.1. The Bertz CT molecular complexity index is 3760.